The maximum absolute atomic E-state index is 13.4. The Balaban J connectivity index is 1.69. The van der Waals surface area contributed by atoms with Gasteiger partial charge in [0.05, 0.1) is 0 Å². The van der Waals surface area contributed by atoms with E-state index in [1.54, 1.807) is 47.8 Å². The van der Waals surface area contributed by atoms with Gasteiger partial charge in [-0.25, -0.2) is 8.78 Å². The van der Waals surface area contributed by atoms with E-state index >= 15 is 0 Å². The molecule has 0 aliphatic carbocycles. The van der Waals surface area contributed by atoms with Gasteiger partial charge in [-0.2, -0.15) is 0 Å². The number of rotatable bonds is 6. The molecule has 0 saturated carbocycles. The highest BCUT2D eigenvalue weighted by Crippen LogP contribution is 2.30. The van der Waals surface area contributed by atoms with Crippen molar-refractivity contribution in [1.29, 1.82) is 0 Å². The first kappa shape index (κ1) is 19.7. The topological polar surface area (TPSA) is 30.7 Å². The van der Waals surface area contributed by atoms with Crippen molar-refractivity contribution in [3.8, 4) is 17.1 Å². The van der Waals surface area contributed by atoms with Gasteiger partial charge >= 0.3 is 0 Å². The van der Waals surface area contributed by atoms with Crippen LogP contribution in [0.3, 0.4) is 0 Å². The van der Waals surface area contributed by atoms with Crippen LogP contribution in [-0.2, 0) is 5.75 Å². The highest BCUT2D eigenvalue weighted by Gasteiger charge is 2.16. The molecular weight excluding hydrogens is 408 g/mol. The van der Waals surface area contributed by atoms with E-state index in [9.17, 15) is 8.78 Å². The fraction of sp³-hybridized carbons (Fsp3) is 0.0909. The van der Waals surface area contributed by atoms with E-state index in [1.165, 1.54) is 34.7 Å². The number of benzene rings is 3. The van der Waals surface area contributed by atoms with Crippen LogP contribution in [0.15, 0.2) is 82.8 Å². The Kier molecular flexibility index (Phi) is 5.97. The zero-order valence-electron chi connectivity index (χ0n) is 15.5. The van der Waals surface area contributed by atoms with Crippen molar-refractivity contribution in [2.75, 3.05) is 6.26 Å². The smallest absolute Gasteiger partial charge is 0.196 e. The maximum atomic E-state index is 13.4. The summed E-state index contributed by atoms with van der Waals surface area (Å²) < 4.78 is 28.7. The predicted octanol–water partition coefficient (Wildman–Crippen LogP) is 6.23. The van der Waals surface area contributed by atoms with Crippen LogP contribution in [0.5, 0.6) is 0 Å². The van der Waals surface area contributed by atoms with Gasteiger partial charge in [-0.05, 0) is 72.5 Å². The lowest BCUT2D eigenvalue weighted by atomic mass is 10.2. The molecule has 0 aliphatic heterocycles. The summed E-state index contributed by atoms with van der Waals surface area (Å²) in [4.78, 5) is 1.21. The van der Waals surface area contributed by atoms with Crippen LogP contribution in [0.2, 0.25) is 0 Å². The number of thioether (sulfide) groups is 2. The number of hydrogen-bond acceptors (Lipinski definition) is 4. The molecule has 0 radical (unpaired) electrons. The summed E-state index contributed by atoms with van der Waals surface area (Å²) in [5.41, 5.74) is 2.65. The van der Waals surface area contributed by atoms with Crippen molar-refractivity contribution in [2.45, 2.75) is 15.8 Å². The summed E-state index contributed by atoms with van der Waals surface area (Å²) in [6.45, 7) is 0. The molecule has 0 aliphatic rings. The van der Waals surface area contributed by atoms with Gasteiger partial charge in [0.15, 0.2) is 11.0 Å². The molecule has 0 saturated heterocycles. The van der Waals surface area contributed by atoms with Crippen molar-refractivity contribution in [1.82, 2.24) is 14.8 Å². The molecule has 0 bridgehead atoms. The van der Waals surface area contributed by atoms with Crippen molar-refractivity contribution in [2.24, 2.45) is 0 Å². The third kappa shape index (κ3) is 4.52. The highest BCUT2D eigenvalue weighted by atomic mass is 32.2. The molecule has 1 aromatic heterocycles. The van der Waals surface area contributed by atoms with Crippen molar-refractivity contribution in [3.05, 3.63) is 90.0 Å². The number of halogens is 2. The van der Waals surface area contributed by atoms with Crippen LogP contribution in [0.4, 0.5) is 8.78 Å². The van der Waals surface area contributed by atoms with E-state index in [1.807, 2.05) is 10.8 Å². The van der Waals surface area contributed by atoms with Gasteiger partial charge in [0.1, 0.15) is 11.6 Å². The molecule has 0 atom stereocenters. The van der Waals surface area contributed by atoms with Crippen LogP contribution < -0.4 is 0 Å². The van der Waals surface area contributed by atoms with E-state index in [2.05, 4.69) is 34.5 Å². The van der Waals surface area contributed by atoms with Crippen molar-refractivity contribution in [3.63, 3.8) is 0 Å². The molecule has 3 aromatic carbocycles. The highest BCUT2D eigenvalue weighted by molar-refractivity contribution is 7.98. The fourth-order valence-electron chi connectivity index (χ4n) is 2.84. The van der Waals surface area contributed by atoms with E-state index in [-0.39, 0.29) is 11.6 Å². The van der Waals surface area contributed by atoms with E-state index in [0.717, 1.165) is 17.0 Å². The predicted molar refractivity (Wildman–Crippen MR) is 114 cm³/mol. The lowest BCUT2D eigenvalue weighted by Crippen LogP contribution is -2.00. The Morgan fingerprint density at radius 2 is 1.41 bits per heavy atom. The van der Waals surface area contributed by atoms with Crippen molar-refractivity contribution < 1.29 is 8.78 Å². The first-order chi connectivity index (χ1) is 14.1. The Bertz CT molecular complexity index is 1090. The summed E-state index contributed by atoms with van der Waals surface area (Å²) in [7, 11) is 0. The summed E-state index contributed by atoms with van der Waals surface area (Å²) in [6, 6.07) is 20.6. The fourth-order valence-corrected chi connectivity index (χ4v) is 4.16. The number of hydrogen-bond donors (Lipinski definition) is 0. The van der Waals surface area contributed by atoms with E-state index < -0.39 is 0 Å². The molecule has 29 heavy (non-hydrogen) atoms. The zero-order valence-corrected chi connectivity index (χ0v) is 17.2. The molecule has 4 aromatic rings. The Labute approximate surface area is 176 Å². The maximum Gasteiger partial charge on any atom is 0.196 e. The molecule has 0 N–H and O–H groups in total. The Morgan fingerprint density at radius 3 is 2.03 bits per heavy atom. The second-order valence-corrected chi connectivity index (χ2v) is 8.08. The summed E-state index contributed by atoms with van der Waals surface area (Å²) in [6.07, 6.45) is 2.05. The normalized spacial score (nSPS) is 11.0. The average molecular weight is 426 g/mol. The van der Waals surface area contributed by atoms with Crippen LogP contribution in [0.25, 0.3) is 17.1 Å². The minimum absolute atomic E-state index is 0.312. The van der Waals surface area contributed by atoms with Crippen LogP contribution >= 0.6 is 23.5 Å². The Morgan fingerprint density at radius 1 is 0.793 bits per heavy atom. The molecule has 3 nitrogen and oxygen atoms in total. The van der Waals surface area contributed by atoms with Crippen LogP contribution in [-0.4, -0.2) is 21.0 Å². The molecule has 146 valence electrons. The molecule has 0 spiro atoms. The largest absolute Gasteiger partial charge is 0.270 e. The molecule has 0 amide bonds. The SMILES string of the molecule is CSc1ccc(CSc2nnc(-c3ccc(F)cc3)n2-c2ccc(F)cc2)cc1. The minimum atomic E-state index is -0.315. The Hall–Kier alpha value is -2.64. The van der Waals surface area contributed by atoms with E-state index in [4.69, 9.17) is 0 Å². The van der Waals surface area contributed by atoms with Gasteiger partial charge in [0, 0.05) is 21.9 Å². The second-order valence-electron chi connectivity index (χ2n) is 6.26. The molecule has 4 rings (SSSR count). The average Bonchev–Trinajstić information content (AvgIpc) is 3.17. The quantitative estimate of drug-likeness (QED) is 0.343. The standard InChI is InChI=1S/C22H17F2N3S2/c1-28-20-12-2-15(3-13-20)14-29-22-26-25-21(16-4-6-17(23)7-5-16)27(22)19-10-8-18(24)9-11-19/h2-13H,14H2,1H3. The molecular formula is C22H17F2N3S2. The first-order valence-electron chi connectivity index (χ1n) is 8.87. The minimum Gasteiger partial charge on any atom is -0.270 e. The number of nitrogens with zero attached hydrogens (tertiary/aromatic N) is 3. The van der Waals surface area contributed by atoms with Gasteiger partial charge in [-0.15, -0.1) is 22.0 Å². The van der Waals surface area contributed by atoms with Crippen LogP contribution in [0, 0.1) is 11.6 Å². The van der Waals surface area contributed by atoms with Gasteiger partial charge in [-0.3, -0.25) is 4.57 Å². The van der Waals surface area contributed by atoms with Gasteiger partial charge in [-0.1, -0.05) is 23.9 Å². The molecule has 1 heterocycles. The second kappa shape index (κ2) is 8.80. The summed E-state index contributed by atoms with van der Waals surface area (Å²) in [5.74, 6) is 0.673. The lowest BCUT2D eigenvalue weighted by molar-refractivity contribution is 0.626. The third-order valence-electron chi connectivity index (χ3n) is 4.35. The summed E-state index contributed by atoms with van der Waals surface area (Å²) in [5, 5.41) is 9.36. The van der Waals surface area contributed by atoms with Crippen LogP contribution in [0.1, 0.15) is 5.56 Å². The zero-order chi connectivity index (χ0) is 20.2. The van der Waals surface area contributed by atoms with Gasteiger partial charge < -0.3 is 0 Å². The van der Waals surface area contributed by atoms with E-state index in [0.29, 0.717) is 11.0 Å². The summed E-state index contributed by atoms with van der Waals surface area (Å²) >= 11 is 3.25. The third-order valence-corrected chi connectivity index (χ3v) is 6.09. The van der Waals surface area contributed by atoms with Gasteiger partial charge in [0.25, 0.3) is 0 Å². The first-order valence-corrected chi connectivity index (χ1v) is 11.1. The molecule has 0 unspecified atom stereocenters. The monoisotopic (exact) mass is 425 g/mol. The lowest BCUT2D eigenvalue weighted by Gasteiger charge is -2.10. The van der Waals surface area contributed by atoms with Gasteiger partial charge in [0.2, 0.25) is 0 Å². The number of aromatic nitrogens is 3. The molecule has 7 heteroatoms. The van der Waals surface area contributed by atoms with Crippen molar-refractivity contribution >= 4 is 23.5 Å². The molecule has 0 fully saturated rings.